The van der Waals surface area contributed by atoms with Gasteiger partial charge in [0.05, 0.1) is 44.4 Å². The van der Waals surface area contributed by atoms with Crippen LogP contribution in [0.25, 0.3) is 0 Å². The van der Waals surface area contributed by atoms with Gasteiger partial charge in [0.15, 0.2) is 15.6 Å². The Morgan fingerprint density at radius 2 is 1.96 bits per heavy atom. The second-order valence-electron chi connectivity index (χ2n) is 6.22. The maximum Gasteiger partial charge on any atom is 0.265 e. The minimum Gasteiger partial charge on any atom is -0.318 e. The zero-order valence-corrected chi connectivity index (χ0v) is 15.8. The number of carbonyl (C=O) groups excluding carboxylic acids is 2. The molecule has 9 heteroatoms. The zero-order valence-electron chi connectivity index (χ0n) is 14.2. The molecule has 1 N–H and O–H groups in total. The molecule has 1 fully saturated rings. The molecule has 7 nitrogen and oxygen atoms in total. The first-order chi connectivity index (χ1) is 11.7. The van der Waals surface area contributed by atoms with E-state index in [9.17, 15) is 18.0 Å². The largest absolute Gasteiger partial charge is 0.318 e. The van der Waals surface area contributed by atoms with E-state index in [2.05, 4.69) is 10.4 Å². The van der Waals surface area contributed by atoms with Crippen molar-refractivity contribution in [2.24, 2.45) is 0 Å². The summed E-state index contributed by atoms with van der Waals surface area (Å²) < 4.78 is 25.1. The van der Waals surface area contributed by atoms with Gasteiger partial charge in [-0.3, -0.25) is 14.3 Å². The van der Waals surface area contributed by atoms with Crippen molar-refractivity contribution in [2.45, 2.75) is 33.2 Å². The Bertz CT molecular complexity index is 956. The highest BCUT2D eigenvalue weighted by molar-refractivity contribution is 7.91. The molecule has 0 aliphatic carbocycles. The molecular formula is C16H19N3O4S2. The standard InChI is InChI=1S/C16H19N3O4S2/c1-9-15(17-16(21)14-5-4-13(24-14)11(3)20)10(2)19(18-9)12-6-7-25(22,23)8-12/h4-5,12H,6-8H2,1-3H3,(H,17,21). The second kappa shape index (κ2) is 6.38. The van der Waals surface area contributed by atoms with Crippen molar-refractivity contribution < 1.29 is 18.0 Å². The lowest BCUT2D eigenvalue weighted by Gasteiger charge is -2.11. The molecule has 1 aliphatic rings. The molecule has 0 bridgehead atoms. The monoisotopic (exact) mass is 381 g/mol. The van der Waals surface area contributed by atoms with E-state index in [1.54, 1.807) is 23.7 Å². The lowest BCUT2D eigenvalue weighted by atomic mass is 10.2. The third-order valence-electron chi connectivity index (χ3n) is 4.29. The quantitative estimate of drug-likeness (QED) is 0.820. The Hall–Kier alpha value is -2.00. The van der Waals surface area contributed by atoms with Crippen molar-refractivity contribution in [3.63, 3.8) is 0 Å². The van der Waals surface area contributed by atoms with E-state index in [0.717, 1.165) is 17.0 Å². The number of rotatable bonds is 4. The first kappa shape index (κ1) is 17.8. The third kappa shape index (κ3) is 3.52. The number of nitrogens with zero attached hydrogens (tertiary/aromatic N) is 2. The number of thiophene rings is 1. The van der Waals surface area contributed by atoms with Gasteiger partial charge in [-0.2, -0.15) is 5.10 Å². The van der Waals surface area contributed by atoms with Gasteiger partial charge in [-0.05, 0) is 39.3 Å². The van der Waals surface area contributed by atoms with Gasteiger partial charge >= 0.3 is 0 Å². The predicted octanol–water partition coefficient (Wildman–Crippen LogP) is 2.38. The molecule has 1 unspecified atom stereocenters. The van der Waals surface area contributed by atoms with Gasteiger partial charge in [-0.25, -0.2) is 8.42 Å². The summed E-state index contributed by atoms with van der Waals surface area (Å²) in [4.78, 5) is 24.8. The lowest BCUT2D eigenvalue weighted by molar-refractivity contribution is 0.101. The molecule has 1 atom stereocenters. The van der Waals surface area contributed by atoms with Crippen LogP contribution >= 0.6 is 11.3 Å². The Labute approximate surface area is 150 Å². The molecule has 3 heterocycles. The van der Waals surface area contributed by atoms with E-state index in [1.807, 2.05) is 6.92 Å². The van der Waals surface area contributed by atoms with Crippen molar-refractivity contribution in [1.82, 2.24) is 9.78 Å². The molecule has 3 rings (SSSR count). The van der Waals surface area contributed by atoms with Gasteiger partial charge in [0.1, 0.15) is 0 Å². The van der Waals surface area contributed by atoms with Gasteiger partial charge in [-0.15, -0.1) is 11.3 Å². The van der Waals surface area contributed by atoms with Crippen LogP contribution in [0.5, 0.6) is 0 Å². The van der Waals surface area contributed by atoms with Gasteiger partial charge in [-0.1, -0.05) is 0 Å². The van der Waals surface area contributed by atoms with Crippen LogP contribution in [0.1, 0.15) is 50.1 Å². The number of sulfone groups is 1. The van der Waals surface area contributed by atoms with E-state index in [-0.39, 0.29) is 29.2 Å². The summed E-state index contributed by atoms with van der Waals surface area (Å²) in [7, 11) is -3.01. The topological polar surface area (TPSA) is 98.1 Å². The Kier molecular flexibility index (Phi) is 4.54. The molecule has 25 heavy (non-hydrogen) atoms. The first-order valence-electron chi connectivity index (χ1n) is 7.86. The Morgan fingerprint density at radius 3 is 2.52 bits per heavy atom. The van der Waals surface area contributed by atoms with Crippen LogP contribution in [0, 0.1) is 13.8 Å². The van der Waals surface area contributed by atoms with Crippen molar-refractivity contribution in [1.29, 1.82) is 0 Å². The molecule has 0 radical (unpaired) electrons. The van der Waals surface area contributed by atoms with Crippen LogP contribution in [-0.2, 0) is 9.84 Å². The maximum atomic E-state index is 12.4. The maximum absolute atomic E-state index is 12.4. The summed E-state index contributed by atoms with van der Waals surface area (Å²) in [6, 6.07) is 3.06. The van der Waals surface area contributed by atoms with Crippen LogP contribution in [0.3, 0.4) is 0 Å². The third-order valence-corrected chi connectivity index (χ3v) is 7.23. The number of Topliss-reactive ketones (excluding diaryl/α,β-unsaturated/α-hetero) is 1. The molecule has 0 aromatic carbocycles. The fraction of sp³-hybridized carbons (Fsp3) is 0.438. The van der Waals surface area contributed by atoms with E-state index in [0.29, 0.717) is 27.6 Å². The van der Waals surface area contributed by atoms with Crippen molar-refractivity contribution in [2.75, 3.05) is 16.8 Å². The highest BCUT2D eigenvalue weighted by Crippen LogP contribution is 2.29. The summed E-state index contributed by atoms with van der Waals surface area (Å²) in [5.74, 6) is -0.135. The molecule has 2 aromatic heterocycles. The minimum atomic E-state index is -3.01. The number of ketones is 1. The number of hydrogen-bond donors (Lipinski definition) is 1. The second-order valence-corrected chi connectivity index (χ2v) is 9.53. The van der Waals surface area contributed by atoms with Crippen molar-refractivity contribution in [3.05, 3.63) is 33.3 Å². The van der Waals surface area contributed by atoms with Crippen LogP contribution in [0.2, 0.25) is 0 Å². The van der Waals surface area contributed by atoms with Gasteiger partial charge in [0.2, 0.25) is 0 Å². The average molecular weight is 381 g/mol. The highest BCUT2D eigenvalue weighted by atomic mass is 32.2. The van der Waals surface area contributed by atoms with Crippen molar-refractivity contribution in [3.8, 4) is 0 Å². The SMILES string of the molecule is CC(=O)c1ccc(C(=O)Nc2c(C)nn(C3CCS(=O)(=O)C3)c2C)s1. The molecule has 2 aromatic rings. The van der Waals surface area contributed by atoms with Gasteiger partial charge in [0, 0.05) is 0 Å². The van der Waals surface area contributed by atoms with E-state index >= 15 is 0 Å². The summed E-state index contributed by atoms with van der Waals surface area (Å²) in [5.41, 5.74) is 1.96. The van der Waals surface area contributed by atoms with E-state index in [4.69, 9.17) is 0 Å². The van der Waals surface area contributed by atoms with Crippen LogP contribution < -0.4 is 5.32 Å². The summed E-state index contributed by atoms with van der Waals surface area (Å²) >= 11 is 1.14. The molecular weight excluding hydrogens is 362 g/mol. The zero-order chi connectivity index (χ0) is 18.4. The first-order valence-corrected chi connectivity index (χ1v) is 10.5. The highest BCUT2D eigenvalue weighted by Gasteiger charge is 2.31. The van der Waals surface area contributed by atoms with Crippen LogP contribution in [0.15, 0.2) is 12.1 Å². The molecule has 134 valence electrons. The molecule has 0 spiro atoms. The Morgan fingerprint density at radius 1 is 1.28 bits per heavy atom. The summed E-state index contributed by atoms with van der Waals surface area (Å²) in [5, 5.41) is 7.26. The Balaban J connectivity index is 1.83. The molecule has 0 saturated carbocycles. The fourth-order valence-corrected chi connectivity index (χ4v) is 5.48. The number of hydrogen-bond acceptors (Lipinski definition) is 6. The summed E-state index contributed by atoms with van der Waals surface area (Å²) in [6.07, 6.45) is 0.532. The molecule has 1 aliphatic heterocycles. The number of amides is 1. The van der Waals surface area contributed by atoms with Gasteiger partial charge in [0.25, 0.3) is 5.91 Å². The van der Waals surface area contributed by atoms with Crippen molar-refractivity contribution >= 4 is 38.6 Å². The number of anilines is 1. The van der Waals surface area contributed by atoms with Gasteiger partial charge < -0.3 is 5.32 Å². The number of aryl methyl sites for hydroxylation is 1. The van der Waals surface area contributed by atoms with Crippen LogP contribution in [0.4, 0.5) is 5.69 Å². The minimum absolute atomic E-state index is 0.0772. The fourth-order valence-electron chi connectivity index (χ4n) is 2.99. The van der Waals surface area contributed by atoms with Crippen LogP contribution in [-0.4, -0.2) is 41.4 Å². The normalized spacial score (nSPS) is 19.1. The van der Waals surface area contributed by atoms with E-state index < -0.39 is 9.84 Å². The molecule has 1 saturated heterocycles. The number of aromatic nitrogens is 2. The van der Waals surface area contributed by atoms with E-state index in [1.165, 1.54) is 6.92 Å². The number of carbonyl (C=O) groups is 2. The lowest BCUT2D eigenvalue weighted by Crippen LogP contribution is -2.15. The predicted molar refractivity (Wildman–Crippen MR) is 96.3 cm³/mol. The average Bonchev–Trinajstić information content (AvgIpc) is 3.21. The summed E-state index contributed by atoms with van der Waals surface area (Å²) in [6.45, 7) is 5.05. The number of nitrogens with one attached hydrogen (secondary N) is 1. The smallest absolute Gasteiger partial charge is 0.265 e. The molecule has 1 amide bonds.